The monoisotopic (exact) mass is 216 g/mol. The first-order chi connectivity index (χ1) is 7.02. The Morgan fingerprint density at radius 1 is 1.13 bits per heavy atom. The maximum atomic E-state index is 11.2. The first kappa shape index (κ1) is 14.4. The van der Waals surface area contributed by atoms with Crippen LogP contribution in [0.5, 0.6) is 0 Å². The minimum Gasteiger partial charge on any atom is -0.298 e. The molecule has 0 atom stereocenters. The Morgan fingerprint density at radius 2 is 1.80 bits per heavy atom. The minimum absolute atomic E-state index is 0.257. The van der Waals surface area contributed by atoms with Crippen LogP contribution in [-0.2, 0) is 14.6 Å². The van der Waals surface area contributed by atoms with Crippen molar-refractivity contribution in [3.8, 4) is 0 Å². The molecule has 90 valence electrons. The van der Waals surface area contributed by atoms with E-state index in [4.69, 9.17) is 9.78 Å². The lowest BCUT2D eigenvalue weighted by molar-refractivity contribution is -0.325. The number of unbranched alkanes of at least 4 members (excludes halogenated alkanes) is 3. The first-order valence-electron chi connectivity index (χ1n) is 5.90. The lowest BCUT2D eigenvalue weighted by Crippen LogP contribution is -2.25. The molecule has 0 unspecified atom stereocenters. The Balaban J connectivity index is 3.49. The molecule has 0 saturated carbocycles. The molecule has 0 aliphatic heterocycles. The Labute approximate surface area is 93.1 Å². The molecular weight excluding hydrogens is 192 g/mol. The van der Waals surface area contributed by atoms with Crippen LogP contribution in [0, 0.1) is 0 Å². The molecule has 0 aromatic carbocycles. The van der Waals surface area contributed by atoms with E-state index in [9.17, 15) is 4.79 Å². The Kier molecular flexibility index (Phi) is 7.39. The lowest BCUT2D eigenvalue weighted by Gasteiger charge is -2.20. The smallest absolute Gasteiger partial charge is 0.298 e. The zero-order valence-electron chi connectivity index (χ0n) is 10.5. The van der Waals surface area contributed by atoms with Gasteiger partial charge in [0.1, 0.15) is 5.60 Å². The second-order valence-electron chi connectivity index (χ2n) is 4.46. The van der Waals surface area contributed by atoms with Crippen LogP contribution in [0.4, 0.5) is 0 Å². The molecule has 0 bridgehead atoms. The van der Waals surface area contributed by atoms with E-state index in [1.807, 2.05) is 20.8 Å². The van der Waals surface area contributed by atoms with Crippen molar-refractivity contribution in [1.29, 1.82) is 0 Å². The van der Waals surface area contributed by atoms with Gasteiger partial charge in [0.2, 0.25) is 0 Å². The molecule has 3 heteroatoms. The summed E-state index contributed by atoms with van der Waals surface area (Å²) in [6.45, 7) is 7.94. The summed E-state index contributed by atoms with van der Waals surface area (Å²) in [5, 5.41) is 0. The molecule has 0 amide bonds. The van der Waals surface area contributed by atoms with Crippen LogP contribution < -0.4 is 0 Å². The molecule has 0 fully saturated rings. The van der Waals surface area contributed by atoms with Gasteiger partial charge in [-0.3, -0.25) is 4.89 Å². The maximum Gasteiger partial charge on any atom is 0.342 e. The number of hydrogen-bond acceptors (Lipinski definition) is 3. The predicted molar refractivity (Wildman–Crippen MR) is 60.3 cm³/mol. The Morgan fingerprint density at radius 3 is 2.33 bits per heavy atom. The van der Waals surface area contributed by atoms with Gasteiger partial charge in [-0.25, -0.2) is 4.79 Å². The van der Waals surface area contributed by atoms with Gasteiger partial charge in [-0.15, -0.1) is 0 Å². The molecule has 0 radical (unpaired) electrons. The highest BCUT2D eigenvalue weighted by Crippen LogP contribution is 2.14. The van der Waals surface area contributed by atoms with Gasteiger partial charge in [0.05, 0.1) is 0 Å². The van der Waals surface area contributed by atoms with Crippen molar-refractivity contribution >= 4 is 5.97 Å². The van der Waals surface area contributed by atoms with E-state index in [0.29, 0.717) is 6.42 Å². The topological polar surface area (TPSA) is 35.5 Å². The summed E-state index contributed by atoms with van der Waals surface area (Å²) in [7, 11) is 0. The summed E-state index contributed by atoms with van der Waals surface area (Å²) in [6, 6.07) is 0. The fourth-order valence-corrected chi connectivity index (χ4v) is 0.956. The minimum atomic E-state index is -0.376. The number of rotatable bonds is 8. The van der Waals surface area contributed by atoms with Crippen molar-refractivity contribution in [3.05, 3.63) is 0 Å². The highest BCUT2D eigenvalue weighted by Gasteiger charge is 2.19. The van der Waals surface area contributed by atoms with Crippen LogP contribution in [0.2, 0.25) is 0 Å². The van der Waals surface area contributed by atoms with Crippen molar-refractivity contribution in [3.63, 3.8) is 0 Å². The fraction of sp³-hybridized carbons (Fsp3) is 0.917. The van der Waals surface area contributed by atoms with E-state index in [0.717, 1.165) is 19.3 Å². The second-order valence-corrected chi connectivity index (χ2v) is 4.46. The van der Waals surface area contributed by atoms with Gasteiger partial charge < -0.3 is 0 Å². The van der Waals surface area contributed by atoms with Crippen LogP contribution in [0.1, 0.15) is 66.2 Å². The highest BCUT2D eigenvalue weighted by molar-refractivity contribution is 5.68. The average molecular weight is 216 g/mol. The normalized spacial score (nSPS) is 11.5. The van der Waals surface area contributed by atoms with Gasteiger partial charge in [0, 0.05) is 6.42 Å². The quantitative estimate of drug-likeness (QED) is 0.353. The summed E-state index contributed by atoms with van der Waals surface area (Å²) in [5.41, 5.74) is -0.376. The van der Waals surface area contributed by atoms with E-state index in [-0.39, 0.29) is 11.6 Å². The van der Waals surface area contributed by atoms with Gasteiger partial charge in [-0.2, -0.15) is 4.89 Å². The largest absolute Gasteiger partial charge is 0.342 e. The molecule has 0 aliphatic carbocycles. The molecule has 0 aromatic rings. The molecule has 0 N–H and O–H groups in total. The summed E-state index contributed by atoms with van der Waals surface area (Å²) in [4.78, 5) is 21.0. The summed E-state index contributed by atoms with van der Waals surface area (Å²) in [5.74, 6) is -0.257. The average Bonchev–Trinajstić information content (AvgIpc) is 2.22. The van der Waals surface area contributed by atoms with E-state index < -0.39 is 0 Å². The molecule has 0 saturated heterocycles. The predicted octanol–water partition coefficient (Wildman–Crippen LogP) is 3.62. The molecule has 0 rings (SSSR count). The van der Waals surface area contributed by atoms with Crippen LogP contribution in [0.25, 0.3) is 0 Å². The Bertz CT molecular complexity index is 176. The molecule has 0 heterocycles. The van der Waals surface area contributed by atoms with E-state index in [1.165, 1.54) is 12.8 Å². The third-order valence-corrected chi connectivity index (χ3v) is 2.45. The molecule has 0 aromatic heterocycles. The number of carbonyl (C=O) groups is 1. The van der Waals surface area contributed by atoms with Crippen molar-refractivity contribution in [2.75, 3.05) is 0 Å². The zero-order chi connectivity index (χ0) is 11.7. The Hall–Kier alpha value is -0.570. The highest BCUT2D eigenvalue weighted by atomic mass is 17.2. The van der Waals surface area contributed by atoms with E-state index >= 15 is 0 Å². The van der Waals surface area contributed by atoms with Gasteiger partial charge in [-0.05, 0) is 26.7 Å². The lowest BCUT2D eigenvalue weighted by atomic mass is 10.1. The number of hydrogen-bond donors (Lipinski definition) is 0. The van der Waals surface area contributed by atoms with Crippen molar-refractivity contribution in [2.45, 2.75) is 71.8 Å². The summed E-state index contributed by atoms with van der Waals surface area (Å²) >= 11 is 0. The van der Waals surface area contributed by atoms with Crippen LogP contribution >= 0.6 is 0 Å². The van der Waals surface area contributed by atoms with Crippen LogP contribution in [0.15, 0.2) is 0 Å². The molecular formula is C12H24O3. The fourth-order valence-electron chi connectivity index (χ4n) is 0.956. The summed E-state index contributed by atoms with van der Waals surface area (Å²) in [6.07, 6.45) is 5.60. The van der Waals surface area contributed by atoms with Gasteiger partial charge in [0.15, 0.2) is 0 Å². The molecule has 0 aliphatic rings. The zero-order valence-corrected chi connectivity index (χ0v) is 10.5. The van der Waals surface area contributed by atoms with Crippen molar-refractivity contribution in [2.24, 2.45) is 0 Å². The SMILES string of the molecule is CCCCCCC(=O)OOC(C)(C)CC. The molecule has 0 spiro atoms. The first-order valence-corrected chi connectivity index (χ1v) is 5.90. The van der Waals surface area contributed by atoms with E-state index in [2.05, 4.69) is 6.92 Å². The van der Waals surface area contributed by atoms with Gasteiger partial charge >= 0.3 is 5.97 Å². The standard InChI is InChI=1S/C12H24O3/c1-5-7-8-9-10-11(13)14-15-12(3,4)6-2/h5-10H2,1-4H3. The van der Waals surface area contributed by atoms with Gasteiger partial charge in [0.25, 0.3) is 0 Å². The number of carbonyl (C=O) groups excluding carboxylic acids is 1. The van der Waals surface area contributed by atoms with E-state index in [1.54, 1.807) is 0 Å². The third kappa shape index (κ3) is 8.43. The molecule has 15 heavy (non-hydrogen) atoms. The van der Waals surface area contributed by atoms with Crippen molar-refractivity contribution < 1.29 is 14.6 Å². The van der Waals surface area contributed by atoms with Crippen LogP contribution in [0.3, 0.4) is 0 Å². The summed E-state index contributed by atoms with van der Waals surface area (Å²) < 4.78 is 0. The second kappa shape index (κ2) is 7.69. The third-order valence-electron chi connectivity index (χ3n) is 2.45. The maximum absolute atomic E-state index is 11.2. The van der Waals surface area contributed by atoms with Gasteiger partial charge in [-0.1, -0.05) is 33.1 Å². The van der Waals surface area contributed by atoms with Crippen LogP contribution in [-0.4, -0.2) is 11.6 Å². The molecule has 3 nitrogen and oxygen atoms in total. The van der Waals surface area contributed by atoms with Crippen molar-refractivity contribution in [1.82, 2.24) is 0 Å².